The Bertz CT molecular complexity index is 1500. The van der Waals surface area contributed by atoms with Crippen molar-refractivity contribution in [1.82, 2.24) is 5.43 Å². The minimum absolute atomic E-state index is 0.0143. The molecule has 1 fully saturated rings. The summed E-state index contributed by atoms with van der Waals surface area (Å²) in [6.45, 7) is 1.50. The third kappa shape index (κ3) is 6.66. The van der Waals surface area contributed by atoms with Gasteiger partial charge in [0.05, 0.1) is 45.0 Å². The van der Waals surface area contributed by atoms with E-state index in [1.165, 1.54) is 48.7 Å². The van der Waals surface area contributed by atoms with Crippen LogP contribution in [0.1, 0.15) is 5.56 Å². The first kappa shape index (κ1) is 28.3. The van der Waals surface area contributed by atoms with E-state index in [2.05, 4.69) is 10.5 Å². The van der Waals surface area contributed by atoms with Crippen molar-refractivity contribution >= 4 is 62.4 Å². The van der Waals surface area contributed by atoms with Crippen LogP contribution in [0.4, 0.5) is 17.1 Å². The van der Waals surface area contributed by atoms with Gasteiger partial charge in [0, 0.05) is 36.5 Å². The summed E-state index contributed by atoms with van der Waals surface area (Å²) >= 11 is 12.4. The number of amides is 1. The number of sulfonamides is 1. The average Bonchev–Trinajstić information content (AvgIpc) is 2.94. The van der Waals surface area contributed by atoms with E-state index < -0.39 is 27.4 Å². The minimum atomic E-state index is -4.22. The number of carbonyl (C=O) groups excluding carboxylic acids is 1. The number of ether oxygens (including phenoxy) is 1. The van der Waals surface area contributed by atoms with Crippen molar-refractivity contribution in [2.24, 2.45) is 5.10 Å². The highest BCUT2D eigenvalue weighted by Gasteiger charge is 2.29. The second-order valence-corrected chi connectivity index (χ2v) is 10.9. The predicted octanol–water partition coefficient (Wildman–Crippen LogP) is 4.08. The molecule has 0 aliphatic carbocycles. The van der Waals surface area contributed by atoms with E-state index in [0.717, 1.165) is 4.31 Å². The molecule has 4 rings (SSSR count). The molecular weight excluding hydrogens is 569 g/mol. The topological polar surface area (TPSA) is 134 Å². The van der Waals surface area contributed by atoms with Gasteiger partial charge in [-0.15, -0.1) is 0 Å². The van der Waals surface area contributed by atoms with Crippen LogP contribution in [0.2, 0.25) is 10.0 Å². The predicted molar refractivity (Wildman–Crippen MR) is 149 cm³/mol. The summed E-state index contributed by atoms with van der Waals surface area (Å²) in [5.74, 6) is -0.778. The van der Waals surface area contributed by atoms with Gasteiger partial charge < -0.3 is 9.64 Å². The quantitative estimate of drug-likeness (QED) is 0.225. The molecule has 1 aliphatic heterocycles. The number of carbonyl (C=O) groups is 1. The van der Waals surface area contributed by atoms with Crippen molar-refractivity contribution in [2.45, 2.75) is 4.90 Å². The number of nitro groups is 1. The lowest BCUT2D eigenvalue weighted by Gasteiger charge is -2.29. The highest BCUT2D eigenvalue weighted by atomic mass is 35.5. The van der Waals surface area contributed by atoms with Crippen LogP contribution in [0, 0.1) is 10.1 Å². The summed E-state index contributed by atoms with van der Waals surface area (Å²) in [7, 11) is -4.22. The molecule has 0 bridgehead atoms. The Labute approximate surface area is 234 Å². The van der Waals surface area contributed by atoms with Crippen LogP contribution in [0.3, 0.4) is 0 Å². The zero-order valence-electron chi connectivity index (χ0n) is 20.4. The van der Waals surface area contributed by atoms with Gasteiger partial charge in [-0.2, -0.15) is 5.10 Å². The van der Waals surface area contributed by atoms with Crippen LogP contribution in [0.25, 0.3) is 0 Å². The first-order valence-corrected chi connectivity index (χ1v) is 13.8. The maximum atomic E-state index is 13.5. The molecule has 0 aromatic heterocycles. The van der Waals surface area contributed by atoms with Crippen molar-refractivity contribution in [3.63, 3.8) is 0 Å². The lowest BCUT2D eigenvalue weighted by Crippen LogP contribution is -2.39. The lowest BCUT2D eigenvalue weighted by molar-refractivity contribution is -0.384. The van der Waals surface area contributed by atoms with Gasteiger partial charge in [-0.25, -0.2) is 13.8 Å². The number of non-ortho nitro benzene ring substituents is 1. The normalized spacial score (nSPS) is 13.8. The van der Waals surface area contributed by atoms with Crippen molar-refractivity contribution in [1.29, 1.82) is 0 Å². The molecule has 0 atom stereocenters. The van der Waals surface area contributed by atoms with E-state index in [4.69, 9.17) is 27.9 Å². The van der Waals surface area contributed by atoms with Gasteiger partial charge >= 0.3 is 0 Å². The van der Waals surface area contributed by atoms with E-state index in [0.29, 0.717) is 37.6 Å². The van der Waals surface area contributed by atoms with E-state index >= 15 is 0 Å². The number of hydrogen-bond donors (Lipinski definition) is 1. The van der Waals surface area contributed by atoms with Crippen molar-refractivity contribution < 1.29 is 22.9 Å². The van der Waals surface area contributed by atoms with Crippen molar-refractivity contribution in [3.05, 3.63) is 92.5 Å². The zero-order valence-corrected chi connectivity index (χ0v) is 22.7. The van der Waals surface area contributed by atoms with Gasteiger partial charge in [0.15, 0.2) is 0 Å². The summed E-state index contributed by atoms with van der Waals surface area (Å²) in [5, 5.41) is 15.3. The summed E-state index contributed by atoms with van der Waals surface area (Å²) in [4.78, 5) is 25.6. The largest absolute Gasteiger partial charge is 0.378 e. The number of hydrogen-bond acceptors (Lipinski definition) is 8. The molecule has 3 aromatic carbocycles. The van der Waals surface area contributed by atoms with E-state index in [1.54, 1.807) is 24.3 Å². The fraction of sp³-hybridized carbons (Fsp3) is 0.200. The third-order valence-corrected chi connectivity index (χ3v) is 8.37. The number of halogens is 2. The van der Waals surface area contributed by atoms with Crippen LogP contribution in [-0.2, 0) is 19.6 Å². The molecule has 39 heavy (non-hydrogen) atoms. The second kappa shape index (κ2) is 12.4. The molecule has 1 heterocycles. The number of hydrazone groups is 1. The maximum Gasteiger partial charge on any atom is 0.270 e. The van der Waals surface area contributed by atoms with Crippen LogP contribution >= 0.6 is 23.2 Å². The standard InChI is InChI=1S/C25H23Cl2N5O6S/c26-21-7-4-8-23(25(21)27)31(39(36,37)20-5-2-1-3-6-20)17-24(33)29-28-16-18-15-19(32(34)35)9-10-22(18)30-11-13-38-14-12-30/h1-10,15-16H,11-14,17H2,(H,29,33)/b28-16-. The molecule has 0 saturated carbocycles. The zero-order chi connectivity index (χ0) is 28.0. The average molecular weight is 592 g/mol. The number of benzene rings is 3. The molecular formula is C25H23Cl2N5O6S. The van der Waals surface area contributed by atoms with Gasteiger partial charge in [-0.05, 0) is 30.3 Å². The van der Waals surface area contributed by atoms with Gasteiger partial charge in [0.25, 0.3) is 21.6 Å². The number of nitro benzene ring substituents is 1. The van der Waals surface area contributed by atoms with Gasteiger partial charge in [0.1, 0.15) is 6.54 Å². The number of nitrogens with one attached hydrogen (secondary N) is 1. The summed E-state index contributed by atoms with van der Waals surface area (Å²) in [6, 6.07) is 16.4. The van der Waals surface area contributed by atoms with Crippen LogP contribution in [0.5, 0.6) is 0 Å². The van der Waals surface area contributed by atoms with Crippen LogP contribution in [0.15, 0.2) is 76.7 Å². The number of nitrogens with zero attached hydrogens (tertiary/aromatic N) is 4. The van der Waals surface area contributed by atoms with E-state index in [1.807, 2.05) is 4.90 Å². The maximum absolute atomic E-state index is 13.5. The van der Waals surface area contributed by atoms with E-state index in [9.17, 15) is 23.3 Å². The van der Waals surface area contributed by atoms with Crippen LogP contribution < -0.4 is 14.6 Å². The fourth-order valence-electron chi connectivity index (χ4n) is 3.90. The van der Waals surface area contributed by atoms with Crippen molar-refractivity contribution in [3.8, 4) is 0 Å². The Morgan fingerprint density at radius 1 is 1.10 bits per heavy atom. The minimum Gasteiger partial charge on any atom is -0.378 e. The smallest absolute Gasteiger partial charge is 0.270 e. The molecule has 0 spiro atoms. The molecule has 14 heteroatoms. The molecule has 1 amide bonds. The Kier molecular flexibility index (Phi) is 9.02. The molecule has 1 aliphatic rings. The molecule has 204 valence electrons. The van der Waals surface area contributed by atoms with E-state index in [-0.39, 0.29) is 26.3 Å². The number of rotatable bonds is 9. The lowest BCUT2D eigenvalue weighted by atomic mass is 10.1. The second-order valence-electron chi connectivity index (χ2n) is 8.29. The summed E-state index contributed by atoms with van der Waals surface area (Å²) in [6.07, 6.45) is 1.28. The summed E-state index contributed by atoms with van der Waals surface area (Å²) in [5.41, 5.74) is 3.26. The SMILES string of the molecule is O=C(CN(c1cccc(Cl)c1Cl)S(=O)(=O)c1ccccc1)N/N=C\c1cc([N+](=O)[O-])ccc1N1CCOCC1. The van der Waals surface area contributed by atoms with Gasteiger partial charge in [0.2, 0.25) is 0 Å². The Morgan fingerprint density at radius 3 is 2.51 bits per heavy atom. The molecule has 1 N–H and O–H groups in total. The molecule has 3 aromatic rings. The molecule has 11 nitrogen and oxygen atoms in total. The monoisotopic (exact) mass is 591 g/mol. The third-order valence-electron chi connectivity index (χ3n) is 5.78. The number of anilines is 2. The fourth-order valence-corrected chi connectivity index (χ4v) is 5.80. The van der Waals surface area contributed by atoms with Gasteiger partial charge in [-0.1, -0.05) is 47.5 Å². The summed E-state index contributed by atoms with van der Waals surface area (Å²) < 4.78 is 33.2. The molecule has 0 unspecified atom stereocenters. The Hall–Kier alpha value is -3.71. The first-order chi connectivity index (χ1) is 18.7. The van der Waals surface area contributed by atoms with Crippen LogP contribution in [-0.4, -0.2) is 58.3 Å². The Morgan fingerprint density at radius 2 is 1.82 bits per heavy atom. The van der Waals surface area contributed by atoms with Crippen molar-refractivity contribution in [2.75, 3.05) is 42.1 Å². The highest BCUT2D eigenvalue weighted by molar-refractivity contribution is 7.92. The first-order valence-electron chi connectivity index (χ1n) is 11.6. The van der Waals surface area contributed by atoms with Gasteiger partial charge in [-0.3, -0.25) is 19.2 Å². The Balaban J connectivity index is 1.60. The molecule has 0 radical (unpaired) electrons. The number of morpholine rings is 1. The molecule has 1 saturated heterocycles. The highest BCUT2D eigenvalue weighted by Crippen LogP contribution is 2.35.